The molecule has 0 amide bonds. The minimum absolute atomic E-state index is 0.354. The van der Waals surface area contributed by atoms with Crippen LogP contribution in [0.25, 0.3) is 5.69 Å². The maximum absolute atomic E-state index is 5.89. The van der Waals surface area contributed by atoms with Crippen molar-refractivity contribution in [3.8, 4) is 5.69 Å². The van der Waals surface area contributed by atoms with Crippen molar-refractivity contribution in [2.24, 2.45) is 4.99 Å². The number of nitrogens with zero attached hydrogens (tertiary/aromatic N) is 3. The summed E-state index contributed by atoms with van der Waals surface area (Å²) in [5, 5.41) is 11.3. The van der Waals surface area contributed by atoms with Gasteiger partial charge in [0.2, 0.25) is 0 Å². The Bertz CT molecular complexity index is 726. The molecule has 1 aromatic carbocycles. The minimum Gasteiger partial charge on any atom is -0.373 e. The molecule has 0 saturated carbocycles. The Kier molecular flexibility index (Phi) is 4.70. The Balaban J connectivity index is 1.26. The van der Waals surface area contributed by atoms with Crippen LogP contribution in [0, 0.1) is 0 Å². The van der Waals surface area contributed by atoms with E-state index in [1.807, 2.05) is 36.1 Å². The van der Waals surface area contributed by atoms with Gasteiger partial charge in [0.15, 0.2) is 5.96 Å². The third-order valence-corrected chi connectivity index (χ3v) is 5.01. The molecule has 0 spiro atoms. The normalized spacial score (nSPS) is 25.3. The van der Waals surface area contributed by atoms with Crippen molar-refractivity contribution in [1.82, 2.24) is 20.4 Å². The summed E-state index contributed by atoms with van der Waals surface area (Å²) < 4.78 is 7.80. The number of rotatable bonds is 5. The van der Waals surface area contributed by atoms with Crippen molar-refractivity contribution in [1.29, 1.82) is 0 Å². The Morgan fingerprint density at radius 3 is 2.92 bits per heavy atom. The van der Waals surface area contributed by atoms with E-state index in [1.54, 1.807) is 0 Å². The van der Waals surface area contributed by atoms with E-state index in [-0.39, 0.29) is 0 Å². The molecule has 2 bridgehead atoms. The highest BCUT2D eigenvalue weighted by atomic mass is 16.5. The summed E-state index contributed by atoms with van der Waals surface area (Å²) in [6.07, 6.45) is 9.18. The SMILES string of the molecule is CN=C(NCCc1cnn(-c2ccccc2)c1)NC1CC2CCC1O2. The number of hydrogen-bond donors (Lipinski definition) is 2. The molecule has 2 aliphatic rings. The summed E-state index contributed by atoms with van der Waals surface area (Å²) in [4.78, 5) is 4.34. The topological polar surface area (TPSA) is 63.5 Å². The highest BCUT2D eigenvalue weighted by Gasteiger charge is 2.41. The first-order valence-electron chi connectivity index (χ1n) is 9.03. The van der Waals surface area contributed by atoms with Gasteiger partial charge in [-0.05, 0) is 43.4 Å². The standard InChI is InChI=1S/C19H25N5O/c1-20-19(23-17-11-16-7-8-18(17)25-16)21-10-9-14-12-22-24(13-14)15-5-3-2-4-6-15/h2-6,12-13,16-18H,7-11H2,1H3,(H2,20,21,23). The monoisotopic (exact) mass is 339 g/mol. The number of hydrogen-bond acceptors (Lipinski definition) is 3. The molecule has 132 valence electrons. The van der Waals surface area contributed by atoms with Gasteiger partial charge in [0.25, 0.3) is 0 Å². The molecule has 0 radical (unpaired) electrons. The number of benzene rings is 1. The first kappa shape index (κ1) is 16.1. The molecule has 3 heterocycles. The maximum Gasteiger partial charge on any atom is 0.191 e. The lowest BCUT2D eigenvalue weighted by Crippen LogP contribution is -2.47. The first-order valence-corrected chi connectivity index (χ1v) is 9.03. The molecule has 6 heteroatoms. The van der Waals surface area contributed by atoms with Crippen LogP contribution in [0.4, 0.5) is 0 Å². The molecule has 2 aromatic rings. The molecule has 0 aliphatic carbocycles. The van der Waals surface area contributed by atoms with Crippen LogP contribution >= 0.6 is 0 Å². The van der Waals surface area contributed by atoms with E-state index in [4.69, 9.17) is 4.74 Å². The predicted molar refractivity (Wildman–Crippen MR) is 98.1 cm³/mol. The Morgan fingerprint density at radius 2 is 2.20 bits per heavy atom. The van der Waals surface area contributed by atoms with E-state index in [0.29, 0.717) is 18.2 Å². The van der Waals surface area contributed by atoms with E-state index < -0.39 is 0 Å². The van der Waals surface area contributed by atoms with Gasteiger partial charge in [-0.15, -0.1) is 0 Å². The molecule has 2 fully saturated rings. The quantitative estimate of drug-likeness (QED) is 0.645. The number of aromatic nitrogens is 2. The molecule has 3 unspecified atom stereocenters. The molecule has 2 aliphatic heterocycles. The third-order valence-electron chi connectivity index (χ3n) is 5.01. The van der Waals surface area contributed by atoms with Gasteiger partial charge in [-0.3, -0.25) is 4.99 Å². The van der Waals surface area contributed by atoms with Crippen molar-refractivity contribution in [2.75, 3.05) is 13.6 Å². The van der Waals surface area contributed by atoms with Crippen LogP contribution in [0.2, 0.25) is 0 Å². The zero-order valence-electron chi connectivity index (χ0n) is 14.6. The second-order valence-corrected chi connectivity index (χ2v) is 6.74. The second-order valence-electron chi connectivity index (χ2n) is 6.74. The van der Waals surface area contributed by atoms with Gasteiger partial charge in [0.1, 0.15) is 0 Å². The van der Waals surface area contributed by atoms with E-state index in [9.17, 15) is 0 Å². The zero-order valence-corrected chi connectivity index (χ0v) is 14.6. The molecule has 1 aromatic heterocycles. The highest BCUT2D eigenvalue weighted by Crippen LogP contribution is 2.34. The number of para-hydroxylation sites is 1. The molecule has 6 nitrogen and oxygen atoms in total. The average Bonchev–Trinajstić information content (AvgIpc) is 3.38. The Labute approximate surface area is 148 Å². The summed E-state index contributed by atoms with van der Waals surface area (Å²) in [6, 6.07) is 10.6. The van der Waals surface area contributed by atoms with Crippen LogP contribution in [0.3, 0.4) is 0 Å². The number of guanidine groups is 1. The second kappa shape index (κ2) is 7.27. The summed E-state index contributed by atoms with van der Waals surface area (Å²) in [6.45, 7) is 0.821. The van der Waals surface area contributed by atoms with Crippen molar-refractivity contribution in [3.05, 3.63) is 48.3 Å². The van der Waals surface area contributed by atoms with E-state index in [2.05, 4.69) is 39.1 Å². The van der Waals surface area contributed by atoms with Crippen LogP contribution in [0.5, 0.6) is 0 Å². The third kappa shape index (κ3) is 3.69. The van der Waals surface area contributed by atoms with Crippen molar-refractivity contribution < 1.29 is 4.74 Å². The van der Waals surface area contributed by atoms with Crippen LogP contribution in [-0.4, -0.2) is 47.6 Å². The number of nitrogens with one attached hydrogen (secondary N) is 2. The molecule has 2 N–H and O–H groups in total. The minimum atomic E-state index is 0.354. The lowest BCUT2D eigenvalue weighted by atomic mass is 9.96. The van der Waals surface area contributed by atoms with Gasteiger partial charge in [-0.1, -0.05) is 18.2 Å². The average molecular weight is 339 g/mol. The molecule has 4 rings (SSSR count). The van der Waals surface area contributed by atoms with Crippen LogP contribution < -0.4 is 10.6 Å². The van der Waals surface area contributed by atoms with Crippen LogP contribution in [0.15, 0.2) is 47.7 Å². The molecule has 25 heavy (non-hydrogen) atoms. The fourth-order valence-electron chi connectivity index (χ4n) is 3.70. The van der Waals surface area contributed by atoms with E-state index in [0.717, 1.165) is 37.5 Å². The van der Waals surface area contributed by atoms with Gasteiger partial charge >= 0.3 is 0 Å². The van der Waals surface area contributed by atoms with Crippen LogP contribution in [0.1, 0.15) is 24.8 Å². The largest absolute Gasteiger partial charge is 0.373 e. The Morgan fingerprint density at radius 1 is 1.32 bits per heavy atom. The number of aliphatic imine (C=N–C) groups is 1. The molecule has 2 saturated heterocycles. The van der Waals surface area contributed by atoms with Gasteiger partial charge in [-0.25, -0.2) is 4.68 Å². The molecular weight excluding hydrogens is 314 g/mol. The first-order chi connectivity index (χ1) is 12.3. The summed E-state index contributed by atoms with van der Waals surface area (Å²) in [5.74, 6) is 0.858. The highest BCUT2D eigenvalue weighted by molar-refractivity contribution is 5.80. The maximum atomic E-state index is 5.89. The summed E-state index contributed by atoms with van der Waals surface area (Å²) >= 11 is 0. The fourth-order valence-corrected chi connectivity index (χ4v) is 3.70. The van der Waals surface area contributed by atoms with Gasteiger partial charge in [0, 0.05) is 19.8 Å². The van der Waals surface area contributed by atoms with Gasteiger partial charge in [-0.2, -0.15) is 5.10 Å². The van der Waals surface area contributed by atoms with Crippen molar-refractivity contribution in [2.45, 2.75) is 43.9 Å². The van der Waals surface area contributed by atoms with Gasteiger partial charge < -0.3 is 15.4 Å². The number of ether oxygens (including phenoxy) is 1. The summed E-state index contributed by atoms with van der Waals surface area (Å²) in [5.41, 5.74) is 2.28. The summed E-state index contributed by atoms with van der Waals surface area (Å²) in [7, 11) is 1.82. The zero-order chi connectivity index (χ0) is 17.1. The lowest BCUT2D eigenvalue weighted by Gasteiger charge is -2.22. The van der Waals surface area contributed by atoms with Crippen molar-refractivity contribution in [3.63, 3.8) is 0 Å². The van der Waals surface area contributed by atoms with Gasteiger partial charge in [0.05, 0.1) is 30.1 Å². The smallest absolute Gasteiger partial charge is 0.191 e. The fraction of sp³-hybridized carbons (Fsp3) is 0.474. The Hall–Kier alpha value is -2.34. The van der Waals surface area contributed by atoms with E-state index >= 15 is 0 Å². The predicted octanol–water partition coefficient (Wildman–Crippen LogP) is 1.90. The molecular formula is C19H25N5O. The van der Waals surface area contributed by atoms with E-state index in [1.165, 1.54) is 12.0 Å². The molecule has 3 atom stereocenters. The van der Waals surface area contributed by atoms with Crippen molar-refractivity contribution >= 4 is 5.96 Å². The number of fused-ring (bicyclic) bond motifs is 2. The lowest BCUT2D eigenvalue weighted by molar-refractivity contribution is 0.0992. The van der Waals surface area contributed by atoms with Crippen LogP contribution in [-0.2, 0) is 11.2 Å².